The number of ether oxygens (including phenoxy) is 1. The van der Waals surface area contributed by atoms with Crippen LogP contribution in [0.4, 0.5) is 8.78 Å². The molecule has 0 spiro atoms. The van der Waals surface area contributed by atoms with E-state index in [1.807, 2.05) is 19.9 Å². The van der Waals surface area contributed by atoms with Crippen LogP contribution in [0.5, 0.6) is 0 Å². The molecule has 0 saturated heterocycles. The van der Waals surface area contributed by atoms with Crippen LogP contribution in [0.2, 0.25) is 0 Å². The Morgan fingerprint density at radius 2 is 1.87 bits per heavy atom. The Balaban J connectivity index is 1.58. The van der Waals surface area contributed by atoms with Crippen molar-refractivity contribution in [1.29, 1.82) is 0 Å². The van der Waals surface area contributed by atoms with Crippen molar-refractivity contribution in [3.63, 3.8) is 0 Å². The second-order valence-electron chi connectivity index (χ2n) is 6.77. The summed E-state index contributed by atoms with van der Waals surface area (Å²) in [5, 5.41) is 3.05. The highest BCUT2D eigenvalue weighted by molar-refractivity contribution is 5.94. The van der Waals surface area contributed by atoms with Gasteiger partial charge in [0, 0.05) is 29.6 Å². The standard InChI is InChI=1S/C22H19F2NO5/c1-12-3-5-16-14(9-20(27)30-21(16)13(12)2)11-29-19(26)7-8-25-22(28)17-6-4-15(23)10-18(17)24/h3-6,9-10H,7-8,11H2,1-2H3,(H,25,28). The van der Waals surface area contributed by atoms with Gasteiger partial charge < -0.3 is 14.5 Å². The first kappa shape index (κ1) is 21.2. The lowest BCUT2D eigenvalue weighted by Gasteiger charge is -2.10. The fourth-order valence-electron chi connectivity index (χ4n) is 2.92. The number of halogens is 2. The van der Waals surface area contributed by atoms with Crippen LogP contribution < -0.4 is 10.9 Å². The molecule has 0 radical (unpaired) electrons. The summed E-state index contributed by atoms with van der Waals surface area (Å²) in [5.41, 5.74) is 1.88. The first-order valence-electron chi connectivity index (χ1n) is 9.18. The van der Waals surface area contributed by atoms with Crippen molar-refractivity contribution in [2.45, 2.75) is 26.9 Å². The first-order chi connectivity index (χ1) is 14.3. The summed E-state index contributed by atoms with van der Waals surface area (Å²) in [6.45, 7) is 3.50. The lowest BCUT2D eigenvalue weighted by molar-refractivity contribution is -0.144. The van der Waals surface area contributed by atoms with Gasteiger partial charge in [-0.05, 0) is 37.1 Å². The third-order valence-electron chi connectivity index (χ3n) is 4.70. The zero-order valence-electron chi connectivity index (χ0n) is 16.4. The van der Waals surface area contributed by atoms with E-state index < -0.39 is 29.1 Å². The number of fused-ring (bicyclic) bond motifs is 1. The number of benzene rings is 2. The highest BCUT2D eigenvalue weighted by atomic mass is 19.1. The molecule has 1 heterocycles. The smallest absolute Gasteiger partial charge is 0.336 e. The maximum Gasteiger partial charge on any atom is 0.336 e. The van der Waals surface area contributed by atoms with E-state index in [-0.39, 0.29) is 25.1 Å². The molecule has 0 aliphatic carbocycles. The lowest BCUT2D eigenvalue weighted by atomic mass is 10.0. The maximum atomic E-state index is 13.6. The number of rotatable bonds is 6. The molecule has 156 valence electrons. The Morgan fingerprint density at radius 1 is 1.10 bits per heavy atom. The van der Waals surface area contributed by atoms with E-state index in [1.54, 1.807) is 6.07 Å². The predicted octanol–water partition coefficient (Wildman–Crippen LogP) is 3.55. The van der Waals surface area contributed by atoms with Crippen molar-refractivity contribution < 1.29 is 27.5 Å². The predicted molar refractivity (Wildman–Crippen MR) is 105 cm³/mol. The monoisotopic (exact) mass is 415 g/mol. The van der Waals surface area contributed by atoms with Crippen LogP contribution in [0, 0.1) is 25.5 Å². The summed E-state index contributed by atoms with van der Waals surface area (Å²) in [4.78, 5) is 35.7. The average Bonchev–Trinajstić information content (AvgIpc) is 2.69. The first-order valence-corrected chi connectivity index (χ1v) is 9.18. The summed E-state index contributed by atoms with van der Waals surface area (Å²) in [7, 11) is 0. The van der Waals surface area contributed by atoms with Gasteiger partial charge in [0.1, 0.15) is 23.8 Å². The van der Waals surface area contributed by atoms with Gasteiger partial charge in [-0.1, -0.05) is 12.1 Å². The van der Waals surface area contributed by atoms with Crippen LogP contribution in [-0.4, -0.2) is 18.4 Å². The minimum absolute atomic E-state index is 0.0928. The van der Waals surface area contributed by atoms with Crippen molar-refractivity contribution >= 4 is 22.8 Å². The fraction of sp³-hybridized carbons (Fsp3) is 0.227. The van der Waals surface area contributed by atoms with Crippen molar-refractivity contribution in [1.82, 2.24) is 5.32 Å². The van der Waals surface area contributed by atoms with E-state index in [0.717, 1.165) is 23.3 Å². The summed E-state index contributed by atoms with van der Waals surface area (Å²) in [5.74, 6) is -3.16. The van der Waals surface area contributed by atoms with Gasteiger partial charge in [0.05, 0.1) is 12.0 Å². The molecule has 30 heavy (non-hydrogen) atoms. The van der Waals surface area contributed by atoms with Crippen LogP contribution in [0.15, 0.2) is 45.6 Å². The largest absolute Gasteiger partial charge is 0.461 e. The molecule has 1 aromatic heterocycles. The van der Waals surface area contributed by atoms with Crippen molar-refractivity contribution in [3.05, 3.63) is 80.7 Å². The zero-order valence-corrected chi connectivity index (χ0v) is 16.4. The van der Waals surface area contributed by atoms with E-state index >= 15 is 0 Å². The molecule has 3 aromatic rings. The molecule has 0 bridgehead atoms. The van der Waals surface area contributed by atoms with Gasteiger partial charge in [-0.15, -0.1) is 0 Å². The van der Waals surface area contributed by atoms with Gasteiger partial charge in [-0.25, -0.2) is 13.6 Å². The average molecular weight is 415 g/mol. The van der Waals surface area contributed by atoms with Gasteiger partial charge in [0.25, 0.3) is 5.91 Å². The Bertz CT molecular complexity index is 1190. The minimum Gasteiger partial charge on any atom is -0.461 e. The normalized spacial score (nSPS) is 10.8. The van der Waals surface area contributed by atoms with Crippen LogP contribution in [-0.2, 0) is 16.1 Å². The quantitative estimate of drug-likeness (QED) is 0.492. The Morgan fingerprint density at radius 3 is 2.60 bits per heavy atom. The molecule has 2 aromatic carbocycles. The third-order valence-corrected chi connectivity index (χ3v) is 4.70. The van der Waals surface area contributed by atoms with E-state index in [0.29, 0.717) is 22.6 Å². The third kappa shape index (κ3) is 4.71. The molecule has 0 saturated carbocycles. The lowest BCUT2D eigenvalue weighted by Crippen LogP contribution is -2.27. The molecule has 1 amide bonds. The number of esters is 1. The highest BCUT2D eigenvalue weighted by Gasteiger charge is 2.14. The number of amides is 1. The van der Waals surface area contributed by atoms with Crippen LogP contribution in [0.25, 0.3) is 11.0 Å². The van der Waals surface area contributed by atoms with E-state index in [4.69, 9.17) is 9.15 Å². The van der Waals surface area contributed by atoms with Crippen LogP contribution in [0.3, 0.4) is 0 Å². The summed E-state index contributed by atoms with van der Waals surface area (Å²) < 4.78 is 36.9. The van der Waals surface area contributed by atoms with Gasteiger partial charge in [0.2, 0.25) is 0 Å². The number of aryl methyl sites for hydroxylation is 2. The fourth-order valence-corrected chi connectivity index (χ4v) is 2.92. The number of carbonyl (C=O) groups is 2. The molecule has 3 rings (SSSR count). The number of hydrogen-bond donors (Lipinski definition) is 1. The van der Waals surface area contributed by atoms with E-state index in [1.165, 1.54) is 6.07 Å². The molecule has 0 atom stereocenters. The second kappa shape index (κ2) is 8.86. The Labute approximate surface area is 170 Å². The van der Waals surface area contributed by atoms with Crippen molar-refractivity contribution in [2.75, 3.05) is 6.54 Å². The molecule has 0 aliphatic heterocycles. The van der Waals surface area contributed by atoms with Gasteiger partial charge >= 0.3 is 11.6 Å². The molecular formula is C22H19F2NO5. The van der Waals surface area contributed by atoms with Crippen LogP contribution >= 0.6 is 0 Å². The zero-order chi connectivity index (χ0) is 21.8. The Hall–Kier alpha value is -3.55. The number of carbonyl (C=O) groups excluding carboxylic acids is 2. The van der Waals surface area contributed by atoms with E-state index in [9.17, 15) is 23.2 Å². The summed E-state index contributed by atoms with van der Waals surface area (Å²) >= 11 is 0. The van der Waals surface area contributed by atoms with E-state index in [2.05, 4.69) is 5.32 Å². The highest BCUT2D eigenvalue weighted by Crippen LogP contribution is 2.23. The van der Waals surface area contributed by atoms with Gasteiger partial charge in [-0.2, -0.15) is 0 Å². The SMILES string of the molecule is Cc1ccc2c(COC(=O)CCNC(=O)c3ccc(F)cc3F)cc(=O)oc2c1C. The minimum atomic E-state index is -0.990. The maximum absolute atomic E-state index is 13.6. The Kier molecular flexibility index (Phi) is 6.25. The molecule has 1 N–H and O–H groups in total. The van der Waals surface area contributed by atoms with Crippen molar-refractivity contribution in [2.24, 2.45) is 0 Å². The summed E-state index contributed by atoms with van der Waals surface area (Å²) in [6.07, 6.45) is -0.161. The topological polar surface area (TPSA) is 85.6 Å². The van der Waals surface area contributed by atoms with Crippen molar-refractivity contribution in [3.8, 4) is 0 Å². The molecule has 0 aliphatic rings. The molecule has 8 heteroatoms. The van der Waals surface area contributed by atoms with Crippen LogP contribution in [0.1, 0.15) is 33.5 Å². The molecule has 0 unspecified atom stereocenters. The number of nitrogens with one attached hydrogen (secondary N) is 1. The second-order valence-corrected chi connectivity index (χ2v) is 6.77. The van der Waals surface area contributed by atoms with Gasteiger partial charge in [0.15, 0.2) is 0 Å². The molecule has 0 fully saturated rings. The summed E-state index contributed by atoms with van der Waals surface area (Å²) in [6, 6.07) is 7.54. The number of hydrogen-bond acceptors (Lipinski definition) is 5. The molecular weight excluding hydrogens is 396 g/mol. The molecule has 6 nitrogen and oxygen atoms in total. The van der Waals surface area contributed by atoms with Gasteiger partial charge in [-0.3, -0.25) is 9.59 Å².